The molecule has 0 bridgehead atoms. The lowest BCUT2D eigenvalue weighted by Gasteiger charge is -2.24. The van der Waals surface area contributed by atoms with Crippen LogP contribution >= 0.6 is 0 Å². The fourth-order valence-electron chi connectivity index (χ4n) is 3.00. The van der Waals surface area contributed by atoms with Crippen LogP contribution in [-0.2, 0) is 6.54 Å². The Balaban J connectivity index is 1.59. The summed E-state index contributed by atoms with van der Waals surface area (Å²) in [7, 11) is 0. The third-order valence-corrected chi connectivity index (χ3v) is 4.18. The zero-order valence-electron chi connectivity index (χ0n) is 11.4. The van der Waals surface area contributed by atoms with Gasteiger partial charge >= 0.3 is 0 Å². The van der Waals surface area contributed by atoms with Crippen LogP contribution in [0.25, 0.3) is 0 Å². The predicted octanol–water partition coefficient (Wildman–Crippen LogP) is 2.97. The van der Waals surface area contributed by atoms with Gasteiger partial charge < -0.3 is 4.57 Å². The van der Waals surface area contributed by atoms with Gasteiger partial charge in [0.2, 0.25) is 0 Å². The van der Waals surface area contributed by atoms with Crippen LogP contribution in [-0.4, -0.2) is 27.5 Å². The van der Waals surface area contributed by atoms with Gasteiger partial charge in [0.1, 0.15) is 0 Å². The monoisotopic (exact) mass is 255 g/mol. The molecule has 0 saturated carbocycles. The summed E-state index contributed by atoms with van der Waals surface area (Å²) in [6, 6.07) is 11.3. The van der Waals surface area contributed by atoms with Crippen molar-refractivity contribution in [2.75, 3.05) is 13.1 Å². The highest BCUT2D eigenvalue weighted by atomic mass is 15.2. The van der Waals surface area contributed by atoms with E-state index in [9.17, 15) is 0 Å². The molecule has 1 aromatic heterocycles. The number of hydrogen-bond donors (Lipinski definition) is 0. The Morgan fingerprint density at radius 3 is 2.89 bits per heavy atom. The van der Waals surface area contributed by atoms with Crippen LogP contribution in [0.1, 0.15) is 24.9 Å². The maximum atomic E-state index is 4.12. The molecule has 2 atom stereocenters. The van der Waals surface area contributed by atoms with E-state index < -0.39 is 0 Å². The van der Waals surface area contributed by atoms with E-state index in [4.69, 9.17) is 0 Å². The zero-order chi connectivity index (χ0) is 13.1. The molecular weight excluding hydrogens is 234 g/mol. The molecule has 1 aliphatic heterocycles. The van der Waals surface area contributed by atoms with Crippen LogP contribution in [0.15, 0.2) is 49.1 Å². The molecule has 1 saturated heterocycles. The number of hydrogen-bond acceptors (Lipinski definition) is 2. The van der Waals surface area contributed by atoms with Gasteiger partial charge in [-0.3, -0.25) is 4.90 Å². The van der Waals surface area contributed by atoms with Crippen molar-refractivity contribution in [3.8, 4) is 0 Å². The Morgan fingerprint density at radius 2 is 2.16 bits per heavy atom. The summed E-state index contributed by atoms with van der Waals surface area (Å²) in [5.41, 5.74) is 1.42. The molecule has 1 aromatic carbocycles. The standard InChI is InChI=1S/C16H21N3/c1-14(16-5-3-2-4-6-16)19-9-7-15(12-19)11-18-10-8-17-13-18/h2-6,8,10,13-15H,7,9,11-12H2,1H3/t14-,15+/m1/s1. The number of nitrogens with zero attached hydrogens (tertiary/aromatic N) is 3. The van der Waals surface area contributed by atoms with E-state index in [1.54, 1.807) is 0 Å². The van der Waals surface area contributed by atoms with Crippen LogP contribution in [0.2, 0.25) is 0 Å². The second-order valence-corrected chi connectivity index (χ2v) is 5.50. The Morgan fingerprint density at radius 1 is 1.32 bits per heavy atom. The van der Waals surface area contributed by atoms with Crippen molar-refractivity contribution in [2.24, 2.45) is 5.92 Å². The molecule has 0 spiro atoms. The van der Waals surface area contributed by atoms with Crippen molar-refractivity contribution in [1.82, 2.24) is 14.5 Å². The van der Waals surface area contributed by atoms with Gasteiger partial charge in [0.05, 0.1) is 6.33 Å². The highest BCUT2D eigenvalue weighted by Gasteiger charge is 2.26. The van der Waals surface area contributed by atoms with Crippen molar-refractivity contribution >= 4 is 0 Å². The maximum absolute atomic E-state index is 4.12. The van der Waals surface area contributed by atoms with Gasteiger partial charge in [-0.25, -0.2) is 4.98 Å². The van der Waals surface area contributed by atoms with Crippen molar-refractivity contribution in [1.29, 1.82) is 0 Å². The first-order valence-corrected chi connectivity index (χ1v) is 7.07. The molecule has 0 N–H and O–H groups in total. The average Bonchev–Trinajstić information content (AvgIpc) is 3.11. The Labute approximate surface area is 114 Å². The van der Waals surface area contributed by atoms with E-state index in [1.165, 1.54) is 25.1 Å². The summed E-state index contributed by atoms with van der Waals surface area (Å²) in [4.78, 5) is 6.71. The van der Waals surface area contributed by atoms with Gasteiger partial charge in [-0.1, -0.05) is 30.3 Å². The first-order valence-electron chi connectivity index (χ1n) is 7.07. The Bertz CT molecular complexity index is 492. The van der Waals surface area contributed by atoms with Gasteiger partial charge in [-0.15, -0.1) is 0 Å². The smallest absolute Gasteiger partial charge is 0.0946 e. The average molecular weight is 255 g/mol. The van der Waals surface area contributed by atoms with Crippen molar-refractivity contribution in [3.63, 3.8) is 0 Å². The Kier molecular flexibility index (Phi) is 3.65. The predicted molar refractivity (Wildman–Crippen MR) is 76.8 cm³/mol. The van der Waals surface area contributed by atoms with Crippen LogP contribution < -0.4 is 0 Å². The summed E-state index contributed by atoms with van der Waals surface area (Å²) in [6.45, 7) is 5.80. The normalized spacial score (nSPS) is 21.6. The summed E-state index contributed by atoms with van der Waals surface area (Å²) in [5.74, 6) is 0.750. The number of imidazole rings is 1. The lowest BCUT2D eigenvalue weighted by Crippen LogP contribution is -2.25. The third-order valence-electron chi connectivity index (χ3n) is 4.18. The minimum absolute atomic E-state index is 0.522. The molecule has 0 radical (unpaired) electrons. The molecule has 19 heavy (non-hydrogen) atoms. The first-order chi connectivity index (χ1) is 9.33. The SMILES string of the molecule is C[C@H](c1ccccc1)N1CC[C@@H](Cn2ccnc2)C1. The largest absolute Gasteiger partial charge is 0.337 e. The highest BCUT2D eigenvalue weighted by molar-refractivity contribution is 5.18. The van der Waals surface area contributed by atoms with Gasteiger partial charge in [0.25, 0.3) is 0 Å². The molecule has 0 unspecified atom stereocenters. The van der Waals surface area contributed by atoms with E-state index in [0.29, 0.717) is 6.04 Å². The Hall–Kier alpha value is -1.61. The summed E-state index contributed by atoms with van der Waals surface area (Å²) in [6.07, 6.45) is 7.13. The van der Waals surface area contributed by atoms with E-state index in [2.05, 4.69) is 57.9 Å². The second-order valence-electron chi connectivity index (χ2n) is 5.50. The molecule has 2 heterocycles. The topological polar surface area (TPSA) is 21.1 Å². The quantitative estimate of drug-likeness (QED) is 0.837. The molecule has 100 valence electrons. The molecular formula is C16H21N3. The molecule has 3 nitrogen and oxygen atoms in total. The molecule has 2 aromatic rings. The van der Waals surface area contributed by atoms with Crippen molar-refractivity contribution in [3.05, 3.63) is 54.6 Å². The van der Waals surface area contributed by atoms with Gasteiger partial charge in [-0.2, -0.15) is 0 Å². The number of benzene rings is 1. The van der Waals surface area contributed by atoms with Gasteiger partial charge in [-0.05, 0) is 31.4 Å². The fraction of sp³-hybridized carbons (Fsp3) is 0.438. The molecule has 0 amide bonds. The molecule has 3 heteroatoms. The van der Waals surface area contributed by atoms with Crippen LogP contribution in [0.5, 0.6) is 0 Å². The lowest BCUT2D eigenvalue weighted by atomic mass is 10.1. The van der Waals surface area contributed by atoms with Crippen molar-refractivity contribution < 1.29 is 0 Å². The van der Waals surface area contributed by atoms with E-state index >= 15 is 0 Å². The minimum atomic E-state index is 0.522. The minimum Gasteiger partial charge on any atom is -0.337 e. The van der Waals surface area contributed by atoms with Crippen LogP contribution in [0.3, 0.4) is 0 Å². The molecule has 1 fully saturated rings. The summed E-state index contributed by atoms with van der Waals surface area (Å²) < 4.78 is 2.20. The van der Waals surface area contributed by atoms with Gasteiger partial charge in [0.15, 0.2) is 0 Å². The second kappa shape index (κ2) is 5.57. The molecule has 3 rings (SSSR count). The first kappa shape index (κ1) is 12.4. The van der Waals surface area contributed by atoms with Crippen LogP contribution in [0, 0.1) is 5.92 Å². The number of aromatic nitrogens is 2. The zero-order valence-corrected chi connectivity index (χ0v) is 11.4. The van der Waals surface area contributed by atoms with Gasteiger partial charge in [0, 0.05) is 31.5 Å². The van der Waals surface area contributed by atoms with E-state index in [0.717, 1.165) is 12.5 Å². The lowest BCUT2D eigenvalue weighted by molar-refractivity contribution is 0.248. The molecule has 1 aliphatic rings. The molecule has 0 aliphatic carbocycles. The van der Waals surface area contributed by atoms with E-state index in [1.807, 2.05) is 12.5 Å². The summed E-state index contributed by atoms with van der Waals surface area (Å²) in [5, 5.41) is 0. The van der Waals surface area contributed by atoms with E-state index in [-0.39, 0.29) is 0 Å². The van der Waals surface area contributed by atoms with Crippen molar-refractivity contribution in [2.45, 2.75) is 25.9 Å². The fourth-order valence-corrected chi connectivity index (χ4v) is 3.00. The third kappa shape index (κ3) is 2.87. The van der Waals surface area contributed by atoms with Crippen LogP contribution in [0.4, 0.5) is 0 Å². The number of rotatable bonds is 4. The maximum Gasteiger partial charge on any atom is 0.0946 e. The number of likely N-dealkylation sites (tertiary alicyclic amines) is 1. The highest BCUT2D eigenvalue weighted by Crippen LogP contribution is 2.27. The summed E-state index contributed by atoms with van der Waals surface area (Å²) >= 11 is 0.